The van der Waals surface area contributed by atoms with Crippen LogP contribution in [-0.2, 0) is 0 Å². The molecule has 0 aromatic rings. The van der Waals surface area contributed by atoms with Gasteiger partial charge in [0.1, 0.15) is 0 Å². The SMILES string of the molecule is C=CC(CN)NC1CCCCC1. The second-order valence-corrected chi connectivity index (χ2v) is 3.58. The molecule has 1 rings (SSSR count). The molecule has 0 spiro atoms. The molecule has 0 amide bonds. The van der Waals surface area contributed by atoms with Crippen LogP contribution in [0.25, 0.3) is 0 Å². The molecule has 1 aliphatic carbocycles. The van der Waals surface area contributed by atoms with Gasteiger partial charge in [-0.1, -0.05) is 25.3 Å². The first-order valence-electron chi connectivity index (χ1n) is 4.95. The molecule has 0 radical (unpaired) electrons. The van der Waals surface area contributed by atoms with Crippen molar-refractivity contribution in [2.75, 3.05) is 6.54 Å². The van der Waals surface area contributed by atoms with Gasteiger partial charge in [-0.2, -0.15) is 0 Å². The van der Waals surface area contributed by atoms with Gasteiger partial charge in [-0.25, -0.2) is 0 Å². The second-order valence-electron chi connectivity index (χ2n) is 3.58. The standard InChI is InChI=1S/C10H20N2/c1-2-9(8-11)12-10-6-4-3-5-7-10/h2,9-10,12H,1,3-8,11H2. The number of hydrogen-bond acceptors (Lipinski definition) is 2. The molecular formula is C10H20N2. The summed E-state index contributed by atoms with van der Waals surface area (Å²) in [5.41, 5.74) is 5.57. The Kier molecular flexibility index (Phi) is 4.33. The number of nitrogens with one attached hydrogen (secondary N) is 1. The van der Waals surface area contributed by atoms with Crippen LogP contribution in [0, 0.1) is 0 Å². The molecule has 3 N–H and O–H groups in total. The molecule has 1 fully saturated rings. The van der Waals surface area contributed by atoms with E-state index in [0.29, 0.717) is 18.6 Å². The third-order valence-electron chi connectivity index (χ3n) is 2.59. The molecular weight excluding hydrogens is 148 g/mol. The molecule has 0 aliphatic heterocycles. The minimum absolute atomic E-state index is 0.313. The predicted octanol–water partition coefficient (Wildman–Crippen LogP) is 1.42. The van der Waals surface area contributed by atoms with Crippen LogP contribution in [0.5, 0.6) is 0 Å². The summed E-state index contributed by atoms with van der Waals surface area (Å²) in [6, 6.07) is 0.999. The maximum absolute atomic E-state index is 5.57. The molecule has 1 aliphatic rings. The van der Waals surface area contributed by atoms with E-state index in [1.165, 1.54) is 32.1 Å². The largest absolute Gasteiger partial charge is 0.329 e. The Hall–Kier alpha value is -0.340. The fourth-order valence-corrected chi connectivity index (χ4v) is 1.80. The van der Waals surface area contributed by atoms with Gasteiger partial charge in [-0.15, -0.1) is 6.58 Å². The third-order valence-corrected chi connectivity index (χ3v) is 2.59. The monoisotopic (exact) mass is 168 g/mol. The van der Waals surface area contributed by atoms with Gasteiger partial charge in [-0.05, 0) is 12.8 Å². The van der Waals surface area contributed by atoms with Gasteiger partial charge < -0.3 is 11.1 Å². The zero-order valence-corrected chi connectivity index (χ0v) is 7.76. The molecule has 1 saturated carbocycles. The van der Waals surface area contributed by atoms with Gasteiger partial charge in [-0.3, -0.25) is 0 Å². The summed E-state index contributed by atoms with van der Waals surface area (Å²) in [5, 5.41) is 3.51. The van der Waals surface area contributed by atoms with Crippen molar-refractivity contribution < 1.29 is 0 Å². The van der Waals surface area contributed by atoms with Crippen LogP contribution in [0.1, 0.15) is 32.1 Å². The Morgan fingerprint density at radius 2 is 2.08 bits per heavy atom. The van der Waals surface area contributed by atoms with Crippen LogP contribution in [0.15, 0.2) is 12.7 Å². The van der Waals surface area contributed by atoms with Crippen LogP contribution in [-0.4, -0.2) is 18.6 Å². The van der Waals surface area contributed by atoms with Crippen LogP contribution >= 0.6 is 0 Å². The summed E-state index contributed by atoms with van der Waals surface area (Å²) in [4.78, 5) is 0. The molecule has 1 unspecified atom stereocenters. The number of nitrogens with two attached hydrogens (primary N) is 1. The van der Waals surface area contributed by atoms with Crippen molar-refractivity contribution >= 4 is 0 Å². The van der Waals surface area contributed by atoms with E-state index >= 15 is 0 Å². The average Bonchev–Trinajstić information content (AvgIpc) is 2.16. The zero-order chi connectivity index (χ0) is 8.81. The lowest BCUT2D eigenvalue weighted by Crippen LogP contribution is -2.42. The maximum atomic E-state index is 5.57. The van der Waals surface area contributed by atoms with E-state index in [4.69, 9.17) is 5.73 Å². The van der Waals surface area contributed by atoms with Crippen molar-refractivity contribution in [3.63, 3.8) is 0 Å². The highest BCUT2D eigenvalue weighted by atomic mass is 15.0. The molecule has 1 atom stereocenters. The summed E-state index contributed by atoms with van der Waals surface area (Å²) in [5.74, 6) is 0. The molecule has 0 saturated heterocycles. The van der Waals surface area contributed by atoms with Crippen LogP contribution in [0.2, 0.25) is 0 Å². The van der Waals surface area contributed by atoms with Gasteiger partial charge >= 0.3 is 0 Å². The molecule has 0 aromatic heterocycles. The first-order valence-corrected chi connectivity index (χ1v) is 4.95. The lowest BCUT2D eigenvalue weighted by atomic mass is 9.95. The van der Waals surface area contributed by atoms with Crippen molar-refractivity contribution in [1.82, 2.24) is 5.32 Å². The van der Waals surface area contributed by atoms with Gasteiger partial charge in [0.2, 0.25) is 0 Å². The zero-order valence-electron chi connectivity index (χ0n) is 7.76. The van der Waals surface area contributed by atoms with Crippen molar-refractivity contribution in [1.29, 1.82) is 0 Å². The Labute approximate surface area is 75.2 Å². The van der Waals surface area contributed by atoms with Crippen molar-refractivity contribution in [2.45, 2.75) is 44.2 Å². The topological polar surface area (TPSA) is 38.0 Å². The molecule has 12 heavy (non-hydrogen) atoms. The van der Waals surface area contributed by atoms with Crippen LogP contribution < -0.4 is 11.1 Å². The van der Waals surface area contributed by atoms with E-state index in [2.05, 4.69) is 11.9 Å². The fourth-order valence-electron chi connectivity index (χ4n) is 1.80. The first-order chi connectivity index (χ1) is 5.86. The van der Waals surface area contributed by atoms with Gasteiger partial charge in [0.05, 0.1) is 0 Å². The number of rotatable bonds is 4. The second kappa shape index (κ2) is 5.33. The van der Waals surface area contributed by atoms with E-state index in [-0.39, 0.29) is 0 Å². The minimum atomic E-state index is 0.313. The molecule has 0 heterocycles. The molecule has 0 bridgehead atoms. The summed E-state index contributed by atoms with van der Waals surface area (Å²) < 4.78 is 0. The summed E-state index contributed by atoms with van der Waals surface area (Å²) in [6.45, 7) is 4.42. The van der Waals surface area contributed by atoms with E-state index < -0.39 is 0 Å². The predicted molar refractivity (Wildman–Crippen MR) is 53.0 cm³/mol. The van der Waals surface area contributed by atoms with Gasteiger partial charge in [0.25, 0.3) is 0 Å². The van der Waals surface area contributed by atoms with E-state index in [9.17, 15) is 0 Å². The Morgan fingerprint density at radius 1 is 1.42 bits per heavy atom. The van der Waals surface area contributed by atoms with E-state index in [0.717, 1.165) is 0 Å². The Bertz CT molecular complexity index is 128. The van der Waals surface area contributed by atoms with E-state index in [1.54, 1.807) is 0 Å². The van der Waals surface area contributed by atoms with Crippen LogP contribution in [0.4, 0.5) is 0 Å². The molecule has 0 aromatic carbocycles. The lowest BCUT2D eigenvalue weighted by molar-refractivity contribution is 0.357. The highest BCUT2D eigenvalue weighted by Crippen LogP contribution is 2.17. The van der Waals surface area contributed by atoms with Crippen molar-refractivity contribution in [3.8, 4) is 0 Å². The number of hydrogen-bond donors (Lipinski definition) is 2. The normalized spacial score (nSPS) is 22.1. The van der Waals surface area contributed by atoms with Gasteiger partial charge in [0.15, 0.2) is 0 Å². The quantitative estimate of drug-likeness (QED) is 0.623. The Morgan fingerprint density at radius 3 is 2.58 bits per heavy atom. The summed E-state index contributed by atoms with van der Waals surface area (Å²) in [7, 11) is 0. The molecule has 70 valence electrons. The molecule has 2 heteroatoms. The van der Waals surface area contributed by atoms with Gasteiger partial charge in [0, 0.05) is 18.6 Å². The fraction of sp³-hybridized carbons (Fsp3) is 0.800. The third kappa shape index (κ3) is 2.95. The lowest BCUT2D eigenvalue weighted by Gasteiger charge is -2.26. The summed E-state index contributed by atoms with van der Waals surface area (Å²) in [6.07, 6.45) is 8.67. The maximum Gasteiger partial charge on any atom is 0.0373 e. The first kappa shape index (κ1) is 9.75. The smallest absolute Gasteiger partial charge is 0.0373 e. The minimum Gasteiger partial charge on any atom is -0.329 e. The average molecular weight is 168 g/mol. The summed E-state index contributed by atoms with van der Waals surface area (Å²) >= 11 is 0. The van der Waals surface area contributed by atoms with Crippen molar-refractivity contribution in [2.24, 2.45) is 5.73 Å². The highest BCUT2D eigenvalue weighted by molar-refractivity contribution is 4.89. The van der Waals surface area contributed by atoms with Crippen molar-refractivity contribution in [3.05, 3.63) is 12.7 Å². The molecule has 2 nitrogen and oxygen atoms in total. The highest BCUT2D eigenvalue weighted by Gasteiger charge is 2.14. The Balaban J connectivity index is 2.22. The van der Waals surface area contributed by atoms with E-state index in [1.807, 2.05) is 6.08 Å². The van der Waals surface area contributed by atoms with Crippen LogP contribution in [0.3, 0.4) is 0 Å².